The first-order valence-corrected chi connectivity index (χ1v) is 37.3. The fraction of sp³-hybridized carbons (Fsp3) is 0.608. The van der Waals surface area contributed by atoms with Crippen molar-refractivity contribution in [1.29, 1.82) is 31.6 Å². The maximum absolute atomic E-state index is 13.4. The predicted molar refractivity (Wildman–Crippen MR) is 398 cm³/mol. The predicted octanol–water partition coefficient (Wildman–Crippen LogP) is 7.03. The normalized spacial score (nSPS) is 25.1. The Morgan fingerprint density at radius 2 is 0.929 bits per heavy atom. The van der Waals surface area contributed by atoms with E-state index in [0.717, 1.165) is 23.3 Å². The number of hydrogen-bond acceptors (Lipinski definition) is 20. The van der Waals surface area contributed by atoms with Gasteiger partial charge in [0.25, 0.3) is 0 Å². The molecule has 26 nitrogen and oxygen atoms in total. The summed E-state index contributed by atoms with van der Waals surface area (Å²) in [6.45, 7) is 15.5. The van der Waals surface area contributed by atoms with Gasteiger partial charge in [0, 0.05) is 50.5 Å². The molecule has 3 aromatic carbocycles. The molecule has 33 heteroatoms. The quantitative estimate of drug-likeness (QED) is 0.0558. The SMILES string of the molecule is CC(C)(C)[C@H](N)C(=O)N1C[C@@H](F)C[C@H]1C#N.CC(C)[C@H](N)C(=O)N1C[C@@H](F)C[C@H]1C#N.CC[C@H](C)[C@H](N)C(=O)N1C[C@@H](F)C[C@H]1C#N.C[C@@H](OCc1ccccc1)[C@H](N)C(=O)C1C[C@@H](F)C[C@H]1C#N.N#C[C@@H]1CCCN1C(=O)[C@@H](N)C(c1ccc(F)cc1)c1ccc(F)cc1.N#C[C@@H]1C[C@H](F)CN1C(=O)[C@@H](N)CCC(=O)O. The summed E-state index contributed by atoms with van der Waals surface area (Å²) < 4.78 is 98.1. The first-order valence-electron chi connectivity index (χ1n) is 37.3. The number of benzene rings is 3. The third-order valence-corrected chi connectivity index (χ3v) is 20.5. The van der Waals surface area contributed by atoms with Crippen molar-refractivity contribution in [1.82, 2.24) is 24.5 Å². The van der Waals surface area contributed by atoms with Gasteiger partial charge in [0.2, 0.25) is 29.5 Å². The van der Waals surface area contributed by atoms with E-state index in [0.29, 0.717) is 30.7 Å². The number of amides is 5. The van der Waals surface area contributed by atoms with Crippen LogP contribution < -0.4 is 34.4 Å². The summed E-state index contributed by atoms with van der Waals surface area (Å²) in [5.74, 6) is -5.66. The number of likely N-dealkylation sites (tertiary alicyclic amines) is 5. The molecule has 0 aromatic heterocycles. The van der Waals surface area contributed by atoms with Gasteiger partial charge in [-0.2, -0.15) is 31.6 Å². The fourth-order valence-electron chi connectivity index (χ4n) is 13.2. The summed E-state index contributed by atoms with van der Waals surface area (Å²) in [6, 6.07) is 24.9. The van der Waals surface area contributed by atoms with Gasteiger partial charge in [-0.1, -0.05) is 109 Å². The molecule has 6 aliphatic rings. The number of nitrogens with two attached hydrogens (primary N) is 6. The van der Waals surface area contributed by atoms with Crippen LogP contribution in [0.5, 0.6) is 0 Å². The number of nitrogens with zero attached hydrogens (tertiary/aromatic N) is 11. The van der Waals surface area contributed by atoms with Crippen molar-refractivity contribution in [3.05, 3.63) is 107 Å². The van der Waals surface area contributed by atoms with Crippen LogP contribution in [0.2, 0.25) is 0 Å². The largest absolute Gasteiger partial charge is 0.481 e. The van der Waals surface area contributed by atoms with Crippen LogP contribution >= 0.6 is 0 Å². The van der Waals surface area contributed by atoms with E-state index in [1.807, 2.05) is 109 Å². The summed E-state index contributed by atoms with van der Waals surface area (Å²) in [5.41, 5.74) is 37.0. The molecule has 610 valence electrons. The summed E-state index contributed by atoms with van der Waals surface area (Å²) in [7, 11) is 0. The second-order valence-electron chi connectivity index (χ2n) is 30.2. The maximum atomic E-state index is 13.4. The minimum atomic E-state index is -1.21. The molecule has 5 heterocycles. The Hall–Kier alpha value is -9.68. The van der Waals surface area contributed by atoms with Gasteiger partial charge in [0.15, 0.2) is 5.78 Å². The molecule has 5 amide bonds. The van der Waals surface area contributed by atoms with Crippen molar-refractivity contribution in [3.63, 3.8) is 0 Å². The van der Waals surface area contributed by atoms with Crippen LogP contribution in [-0.4, -0.2) is 207 Å². The fourth-order valence-corrected chi connectivity index (χ4v) is 13.2. The van der Waals surface area contributed by atoms with Gasteiger partial charge < -0.3 is 68.7 Å². The number of hydrogen-bond donors (Lipinski definition) is 7. The number of carbonyl (C=O) groups excluding carboxylic acids is 6. The molecule has 0 spiro atoms. The van der Waals surface area contributed by atoms with Gasteiger partial charge in [-0.15, -0.1) is 0 Å². The zero-order valence-electron chi connectivity index (χ0n) is 64.5. The number of nitriles is 6. The van der Waals surface area contributed by atoms with E-state index in [1.54, 1.807) is 31.2 Å². The highest BCUT2D eigenvalue weighted by molar-refractivity contribution is 5.88. The summed E-state index contributed by atoms with van der Waals surface area (Å²) in [6.07, 6.45) is -3.64. The molecule has 1 saturated carbocycles. The van der Waals surface area contributed by atoms with Crippen LogP contribution in [0.25, 0.3) is 0 Å². The number of carboxylic acids is 1. The van der Waals surface area contributed by atoms with E-state index in [9.17, 15) is 69.6 Å². The molecular formula is C79H106F7N17O9. The highest BCUT2D eigenvalue weighted by Crippen LogP contribution is 2.36. The lowest BCUT2D eigenvalue weighted by Crippen LogP contribution is -2.51. The van der Waals surface area contributed by atoms with E-state index in [2.05, 4.69) is 6.07 Å². The molecule has 13 N–H and O–H groups in total. The minimum absolute atomic E-state index is 0.00118. The highest BCUT2D eigenvalue weighted by Gasteiger charge is 2.45. The van der Waals surface area contributed by atoms with Gasteiger partial charge in [0.05, 0.1) is 117 Å². The topological polar surface area (TPSA) is 464 Å². The van der Waals surface area contributed by atoms with Crippen LogP contribution in [0.1, 0.15) is 149 Å². The number of carbonyl (C=O) groups is 7. The first-order chi connectivity index (χ1) is 52.7. The molecule has 1 aliphatic carbocycles. The smallest absolute Gasteiger partial charge is 0.303 e. The van der Waals surface area contributed by atoms with Crippen molar-refractivity contribution < 1.29 is 74.1 Å². The molecule has 0 bridgehead atoms. The summed E-state index contributed by atoms with van der Waals surface area (Å²) in [5, 5.41) is 61.9. The molecule has 5 aliphatic heterocycles. The van der Waals surface area contributed by atoms with Crippen molar-refractivity contribution >= 4 is 41.3 Å². The number of halogens is 7. The Labute approximate surface area is 650 Å². The van der Waals surface area contributed by atoms with Crippen molar-refractivity contribution in [2.45, 2.75) is 242 Å². The number of aliphatic carboxylic acids is 1. The zero-order valence-corrected chi connectivity index (χ0v) is 64.5. The monoisotopic (exact) mass is 1570 g/mol. The van der Waals surface area contributed by atoms with Crippen LogP contribution in [-0.2, 0) is 44.9 Å². The molecule has 1 unspecified atom stereocenters. The number of ketones is 1. The van der Waals surface area contributed by atoms with E-state index in [1.165, 1.54) is 43.9 Å². The molecule has 0 radical (unpaired) electrons. The molecule has 9 rings (SSSR count). The number of carboxylic acid groups (broad SMARTS) is 1. The standard InChI is InChI=1S/C20H19F2N3O.C17H21FN2O2.2C11H18FN3O.C10H14FN3O3.C10H16FN3O/c21-15-7-3-13(4-8-15)18(14-5-9-16(22)10-6-14)19(24)20(26)25-11-1-2-17(25)12-23;1-11(22-10-12-5-3-2-4-6-12)16(20)17(21)15-8-14(18)7-13(15)9-19;1-11(2,3)9(14)10(16)15-6-7(12)4-8(15)5-13;1-3-7(2)10(14)11(16)15-6-8(12)4-9(15)5-13;11-6-3-7(4-12)14(5-6)10(17)8(13)1-2-9(15)16;1-6(2)9(13)10(15)14-5-7(11)3-8(14)4-12/h3-10,17-19H,1-2,11,24H2;2-6,11,13-16H,7-8,10,20H2,1H3;7-9H,4,6,14H2,1-3H3;7-10H,3-4,6,14H2,1-2H3;6-8H,1-3,5,13H2,(H,15,16);6-9H,3,5,13H2,1-2H3/t17-,19-;11-,13+,14+,15?,16+;7-,8-,9+;7-,8-,9-,10-;6-,7-,8-;7-,8-,9-/m010000/s1. The van der Waals surface area contributed by atoms with Gasteiger partial charge in [-0.3, -0.25) is 33.6 Å². The third-order valence-electron chi connectivity index (χ3n) is 20.5. The highest BCUT2D eigenvalue weighted by atomic mass is 19.2. The molecule has 3 aromatic rings. The Morgan fingerprint density at radius 1 is 0.518 bits per heavy atom. The minimum Gasteiger partial charge on any atom is -0.481 e. The Morgan fingerprint density at radius 3 is 1.32 bits per heavy atom. The Kier molecular flexibility index (Phi) is 38.2. The molecule has 6 fully saturated rings. The second-order valence-corrected chi connectivity index (χ2v) is 30.2. The maximum Gasteiger partial charge on any atom is 0.303 e. The van der Waals surface area contributed by atoms with Gasteiger partial charge in [0.1, 0.15) is 72.7 Å². The van der Waals surface area contributed by atoms with E-state index < -0.39 is 145 Å². The summed E-state index contributed by atoms with van der Waals surface area (Å²) >= 11 is 0. The van der Waals surface area contributed by atoms with Crippen LogP contribution in [0.3, 0.4) is 0 Å². The third kappa shape index (κ3) is 27.3. The van der Waals surface area contributed by atoms with Crippen molar-refractivity contribution in [2.75, 3.05) is 32.7 Å². The average molecular weight is 1570 g/mol. The lowest BCUT2D eigenvalue weighted by Gasteiger charge is -2.30. The Balaban J connectivity index is 0.000000287. The van der Waals surface area contributed by atoms with Crippen LogP contribution in [0, 0.1) is 109 Å². The number of Topliss-reactive ketones (excluding diaryl/α,β-unsaturated/α-hetero) is 1. The average Bonchev–Trinajstić information content (AvgIpc) is 1.18. The molecule has 20 atom stereocenters. The van der Waals surface area contributed by atoms with E-state index in [-0.39, 0.29) is 124 Å². The van der Waals surface area contributed by atoms with E-state index in [4.69, 9.17) is 70.6 Å². The first kappa shape index (κ1) is 94.7. The van der Waals surface area contributed by atoms with Gasteiger partial charge in [-0.25, -0.2) is 30.7 Å². The van der Waals surface area contributed by atoms with E-state index >= 15 is 0 Å². The summed E-state index contributed by atoms with van der Waals surface area (Å²) in [4.78, 5) is 89.5. The number of rotatable bonds is 20. The number of ether oxygens (including phenoxy) is 1. The van der Waals surface area contributed by atoms with Crippen LogP contribution in [0.4, 0.5) is 30.7 Å². The van der Waals surface area contributed by atoms with Crippen LogP contribution in [0.15, 0.2) is 78.9 Å². The number of alkyl halides is 5. The second kappa shape index (κ2) is 45.1. The van der Waals surface area contributed by atoms with Crippen molar-refractivity contribution in [3.8, 4) is 36.4 Å². The molecule has 5 saturated heterocycles. The van der Waals surface area contributed by atoms with Gasteiger partial charge >= 0.3 is 5.97 Å². The lowest BCUT2D eigenvalue weighted by molar-refractivity contribution is -0.138. The lowest BCUT2D eigenvalue weighted by atomic mass is 9.84. The van der Waals surface area contributed by atoms with Crippen molar-refractivity contribution in [2.24, 2.45) is 63.5 Å². The molecular weight excluding hydrogens is 1460 g/mol. The zero-order chi connectivity index (χ0) is 84.2. The van der Waals surface area contributed by atoms with Gasteiger partial charge in [-0.05, 0) is 97.2 Å². The molecule has 112 heavy (non-hydrogen) atoms. The Bertz CT molecular complexity index is 3800.